The van der Waals surface area contributed by atoms with Crippen molar-refractivity contribution in [1.82, 2.24) is 10.3 Å². The fourth-order valence-corrected chi connectivity index (χ4v) is 3.16. The second-order valence-electron chi connectivity index (χ2n) is 6.78. The van der Waals surface area contributed by atoms with Gasteiger partial charge in [-0.05, 0) is 12.8 Å². The molecule has 0 unspecified atom stereocenters. The number of hydrogen-bond donors (Lipinski definition) is 1. The van der Waals surface area contributed by atoms with Gasteiger partial charge in [-0.25, -0.2) is 4.98 Å². The number of amides is 1. The number of nitrogens with zero attached hydrogens (tertiary/aromatic N) is 1. The van der Waals surface area contributed by atoms with Crippen LogP contribution in [0.2, 0.25) is 0 Å². The molecule has 3 aromatic rings. The minimum atomic E-state index is -0.0121. The number of benzene rings is 2. The van der Waals surface area contributed by atoms with Gasteiger partial charge in [-0.3, -0.25) is 4.79 Å². The first kappa shape index (κ1) is 19.2. The average Bonchev–Trinajstić information content (AvgIpc) is 3.12. The molecule has 0 fully saturated rings. The fourth-order valence-electron chi connectivity index (χ4n) is 2.53. The van der Waals surface area contributed by atoms with Crippen LogP contribution in [0.1, 0.15) is 20.8 Å². The zero-order valence-corrected chi connectivity index (χ0v) is 16.6. The largest absolute Gasteiger partial charge is 0.431 e. The summed E-state index contributed by atoms with van der Waals surface area (Å²) in [6.45, 7) is 6.19. The highest BCUT2D eigenvalue weighted by atomic mass is 32.2. The van der Waals surface area contributed by atoms with Gasteiger partial charge in [-0.2, -0.15) is 0 Å². The number of carbonyl (C=O) groups is 1. The van der Waals surface area contributed by atoms with Gasteiger partial charge in [-0.1, -0.05) is 86.3 Å². The Morgan fingerprint density at radius 3 is 2.19 bits per heavy atom. The normalized spacial score (nSPS) is 12.1. The lowest BCUT2D eigenvalue weighted by molar-refractivity contribution is -0.119. The molecule has 1 amide bonds. The Morgan fingerprint density at radius 1 is 1.00 bits per heavy atom. The van der Waals surface area contributed by atoms with E-state index in [1.165, 1.54) is 11.8 Å². The third-order valence-corrected chi connectivity index (χ3v) is 5.23. The Morgan fingerprint density at radius 2 is 1.59 bits per heavy atom. The lowest BCUT2D eigenvalue weighted by Gasteiger charge is -2.16. The Kier molecular flexibility index (Phi) is 6.35. The second kappa shape index (κ2) is 8.91. The Hall–Kier alpha value is -2.53. The highest BCUT2D eigenvalue weighted by Crippen LogP contribution is 2.35. The lowest BCUT2D eigenvalue weighted by atomic mass is 10.1. The van der Waals surface area contributed by atoms with Crippen molar-refractivity contribution in [2.75, 3.05) is 5.75 Å². The number of hydrogen-bond acceptors (Lipinski definition) is 4. The molecule has 140 valence electrons. The lowest BCUT2D eigenvalue weighted by Crippen LogP contribution is -2.37. The maximum absolute atomic E-state index is 12.2. The minimum Gasteiger partial charge on any atom is -0.431 e. The summed E-state index contributed by atoms with van der Waals surface area (Å²) >= 11 is 1.32. The summed E-state index contributed by atoms with van der Waals surface area (Å²) in [6.07, 6.45) is 0. The van der Waals surface area contributed by atoms with E-state index in [2.05, 4.69) is 24.1 Å². The third kappa shape index (κ3) is 5.01. The highest BCUT2D eigenvalue weighted by molar-refractivity contribution is 7.99. The topological polar surface area (TPSA) is 55.1 Å². The van der Waals surface area contributed by atoms with Crippen molar-refractivity contribution < 1.29 is 9.21 Å². The van der Waals surface area contributed by atoms with Crippen molar-refractivity contribution in [1.29, 1.82) is 0 Å². The van der Waals surface area contributed by atoms with E-state index in [1.807, 2.05) is 67.6 Å². The van der Waals surface area contributed by atoms with Gasteiger partial charge in [-0.15, -0.1) is 0 Å². The van der Waals surface area contributed by atoms with E-state index in [0.717, 1.165) is 22.6 Å². The SMILES string of the molecule is CC(C)[C@@H](C)NC(=O)CSc1nc(-c2ccccc2)c(-c2ccccc2)o1. The summed E-state index contributed by atoms with van der Waals surface area (Å²) < 4.78 is 6.03. The first-order valence-corrected chi connectivity index (χ1v) is 10.1. The monoisotopic (exact) mass is 380 g/mol. The van der Waals surface area contributed by atoms with Crippen LogP contribution < -0.4 is 5.32 Å². The number of rotatable bonds is 7. The molecule has 27 heavy (non-hydrogen) atoms. The minimum absolute atomic E-state index is 0.0121. The van der Waals surface area contributed by atoms with Gasteiger partial charge in [0, 0.05) is 17.2 Å². The van der Waals surface area contributed by atoms with E-state index < -0.39 is 0 Å². The van der Waals surface area contributed by atoms with Gasteiger partial charge < -0.3 is 9.73 Å². The van der Waals surface area contributed by atoms with Gasteiger partial charge >= 0.3 is 0 Å². The molecule has 0 aliphatic rings. The van der Waals surface area contributed by atoms with Crippen LogP contribution in [0.15, 0.2) is 70.3 Å². The van der Waals surface area contributed by atoms with E-state index in [1.54, 1.807) is 0 Å². The van der Waals surface area contributed by atoms with Gasteiger partial charge in [0.05, 0.1) is 5.75 Å². The van der Waals surface area contributed by atoms with E-state index >= 15 is 0 Å². The van der Waals surface area contributed by atoms with Crippen molar-refractivity contribution in [2.24, 2.45) is 5.92 Å². The van der Waals surface area contributed by atoms with E-state index in [-0.39, 0.29) is 17.7 Å². The summed E-state index contributed by atoms with van der Waals surface area (Å²) in [5.41, 5.74) is 2.75. The van der Waals surface area contributed by atoms with Crippen molar-refractivity contribution >= 4 is 17.7 Å². The van der Waals surface area contributed by atoms with Crippen LogP contribution in [0.3, 0.4) is 0 Å². The maximum atomic E-state index is 12.2. The molecule has 5 heteroatoms. The standard InChI is InChI=1S/C22H24N2O2S/c1-15(2)16(3)23-19(25)14-27-22-24-20(17-10-6-4-7-11-17)21(26-22)18-12-8-5-9-13-18/h4-13,15-16H,14H2,1-3H3,(H,23,25)/t16-/m1/s1. The van der Waals surface area contributed by atoms with Crippen LogP contribution in [0.4, 0.5) is 0 Å². The highest BCUT2D eigenvalue weighted by Gasteiger charge is 2.18. The first-order valence-electron chi connectivity index (χ1n) is 9.08. The Balaban J connectivity index is 1.81. The molecule has 3 rings (SSSR count). The molecule has 0 saturated carbocycles. The molecule has 0 bridgehead atoms. The predicted octanol–water partition coefficient (Wildman–Crippen LogP) is 5.26. The quantitative estimate of drug-likeness (QED) is 0.568. The van der Waals surface area contributed by atoms with E-state index in [9.17, 15) is 4.79 Å². The van der Waals surface area contributed by atoms with Crippen LogP contribution >= 0.6 is 11.8 Å². The van der Waals surface area contributed by atoms with Crippen LogP contribution in [-0.2, 0) is 4.79 Å². The summed E-state index contributed by atoms with van der Waals surface area (Å²) in [5.74, 6) is 1.39. The summed E-state index contributed by atoms with van der Waals surface area (Å²) in [6, 6.07) is 20.0. The molecule has 1 heterocycles. The number of aromatic nitrogens is 1. The van der Waals surface area contributed by atoms with Crippen LogP contribution in [0.25, 0.3) is 22.6 Å². The Bertz CT molecular complexity index is 819. The number of nitrogens with one attached hydrogen (secondary N) is 1. The molecule has 0 aliphatic heterocycles. The van der Waals surface area contributed by atoms with Gasteiger partial charge in [0.1, 0.15) is 5.69 Å². The van der Waals surface area contributed by atoms with Crippen molar-refractivity contribution in [3.63, 3.8) is 0 Å². The average molecular weight is 381 g/mol. The second-order valence-corrected chi connectivity index (χ2v) is 7.71. The third-order valence-electron chi connectivity index (χ3n) is 4.41. The number of thioether (sulfide) groups is 1. The van der Waals surface area contributed by atoms with Gasteiger partial charge in [0.2, 0.25) is 5.91 Å². The van der Waals surface area contributed by atoms with Gasteiger partial charge in [0.25, 0.3) is 5.22 Å². The summed E-state index contributed by atoms with van der Waals surface area (Å²) in [4.78, 5) is 16.8. The zero-order chi connectivity index (χ0) is 19.2. The van der Waals surface area contributed by atoms with E-state index in [4.69, 9.17) is 4.42 Å². The fraction of sp³-hybridized carbons (Fsp3) is 0.273. The van der Waals surface area contributed by atoms with Crippen molar-refractivity contribution in [3.05, 3.63) is 60.7 Å². The molecule has 0 radical (unpaired) electrons. The summed E-state index contributed by atoms with van der Waals surface area (Å²) in [5, 5.41) is 3.51. The molecule has 2 aromatic carbocycles. The molecule has 0 spiro atoms. The number of carbonyl (C=O) groups excluding carboxylic acids is 1. The summed E-state index contributed by atoms with van der Waals surface area (Å²) in [7, 11) is 0. The molecule has 4 nitrogen and oxygen atoms in total. The Labute approximate surface area is 164 Å². The zero-order valence-electron chi connectivity index (χ0n) is 15.8. The van der Waals surface area contributed by atoms with Crippen molar-refractivity contribution in [3.8, 4) is 22.6 Å². The molecular weight excluding hydrogens is 356 g/mol. The number of oxazole rings is 1. The smallest absolute Gasteiger partial charge is 0.257 e. The molecule has 0 aliphatic carbocycles. The van der Waals surface area contributed by atoms with Crippen LogP contribution in [0, 0.1) is 5.92 Å². The van der Waals surface area contributed by atoms with Crippen LogP contribution in [0.5, 0.6) is 0 Å². The molecule has 1 N–H and O–H groups in total. The first-order chi connectivity index (χ1) is 13.0. The van der Waals surface area contributed by atoms with Gasteiger partial charge in [0.15, 0.2) is 5.76 Å². The molecular formula is C22H24N2O2S. The molecule has 1 aromatic heterocycles. The van der Waals surface area contributed by atoms with Crippen LogP contribution in [-0.4, -0.2) is 22.7 Å². The predicted molar refractivity (Wildman–Crippen MR) is 111 cm³/mol. The maximum Gasteiger partial charge on any atom is 0.257 e. The van der Waals surface area contributed by atoms with Crippen molar-refractivity contribution in [2.45, 2.75) is 32.0 Å². The molecule has 1 atom stereocenters. The van der Waals surface area contributed by atoms with E-state index in [0.29, 0.717) is 11.1 Å². The molecule has 0 saturated heterocycles.